The normalized spacial score (nSPS) is 11.6. The van der Waals surface area contributed by atoms with Crippen molar-refractivity contribution in [3.05, 3.63) is 31.4 Å². The highest BCUT2D eigenvalue weighted by Gasteiger charge is 2.26. The first kappa shape index (κ1) is 14.6. The summed E-state index contributed by atoms with van der Waals surface area (Å²) in [6.45, 7) is 6.60. The second kappa shape index (κ2) is 5.68. The minimum absolute atomic E-state index is 0.107. The van der Waals surface area contributed by atoms with Crippen molar-refractivity contribution in [1.29, 1.82) is 0 Å². The van der Waals surface area contributed by atoms with Crippen LogP contribution in [0.15, 0.2) is 15.9 Å². The van der Waals surface area contributed by atoms with E-state index >= 15 is 0 Å². The van der Waals surface area contributed by atoms with Crippen LogP contribution in [-0.4, -0.2) is 15.5 Å². The Balaban J connectivity index is 2.07. The molecule has 0 aliphatic heterocycles. The van der Waals surface area contributed by atoms with E-state index in [0.29, 0.717) is 11.4 Å². The van der Waals surface area contributed by atoms with Crippen LogP contribution in [0.25, 0.3) is 0 Å². The fourth-order valence-electron chi connectivity index (χ4n) is 1.52. The van der Waals surface area contributed by atoms with Crippen molar-refractivity contribution in [1.82, 2.24) is 14.9 Å². The Morgan fingerprint density at radius 3 is 2.74 bits per heavy atom. The van der Waals surface area contributed by atoms with Gasteiger partial charge in [0.05, 0.1) is 16.0 Å². The summed E-state index contributed by atoms with van der Waals surface area (Å²) in [6.07, 6.45) is 0. The molecule has 2 heterocycles. The number of halogens is 1. The fraction of sp³-hybridized carbons (Fsp3) is 0.417. The molecule has 7 heteroatoms. The number of hydrogen-bond donors (Lipinski definition) is 1. The van der Waals surface area contributed by atoms with E-state index in [1.165, 1.54) is 0 Å². The van der Waals surface area contributed by atoms with E-state index in [4.69, 9.17) is 0 Å². The molecule has 0 spiro atoms. The van der Waals surface area contributed by atoms with E-state index in [0.717, 1.165) is 25.9 Å². The van der Waals surface area contributed by atoms with E-state index in [1.807, 2.05) is 32.9 Å². The molecule has 0 unspecified atom stereocenters. The molecule has 2 rings (SSSR count). The van der Waals surface area contributed by atoms with Crippen LogP contribution in [0.2, 0.25) is 0 Å². The molecule has 0 atom stereocenters. The molecule has 0 radical (unpaired) electrons. The third-order valence-corrected chi connectivity index (χ3v) is 4.80. The fourth-order valence-corrected chi connectivity index (χ4v) is 3.74. The number of nitrogens with one attached hydrogen (secondary N) is 1. The maximum Gasteiger partial charge on any atom is 0.265 e. The molecule has 102 valence electrons. The standard InChI is InChI=1S/C12H14BrN3OS2/c1-12(2,3)10-9(19-16-15-10)11(17)14-6-7-4-5-8(13)18-7/h4-5H,6H2,1-3H3,(H,14,17). The van der Waals surface area contributed by atoms with Gasteiger partial charge >= 0.3 is 0 Å². The Hall–Kier alpha value is -0.790. The van der Waals surface area contributed by atoms with Crippen molar-refractivity contribution in [3.8, 4) is 0 Å². The van der Waals surface area contributed by atoms with E-state index in [1.54, 1.807) is 11.3 Å². The molecular weight excluding hydrogens is 346 g/mol. The Morgan fingerprint density at radius 2 is 2.16 bits per heavy atom. The van der Waals surface area contributed by atoms with Gasteiger partial charge in [0.1, 0.15) is 4.88 Å². The third kappa shape index (κ3) is 3.61. The van der Waals surface area contributed by atoms with Crippen LogP contribution in [0.1, 0.15) is 41.0 Å². The molecular formula is C12H14BrN3OS2. The number of hydrogen-bond acceptors (Lipinski definition) is 5. The second-order valence-electron chi connectivity index (χ2n) is 5.09. The molecule has 2 aromatic heterocycles. The van der Waals surface area contributed by atoms with Gasteiger partial charge in [-0.15, -0.1) is 16.4 Å². The summed E-state index contributed by atoms with van der Waals surface area (Å²) in [5, 5.41) is 6.98. The van der Waals surface area contributed by atoms with Crippen molar-refractivity contribution < 1.29 is 4.79 Å². The van der Waals surface area contributed by atoms with Crippen LogP contribution in [0.4, 0.5) is 0 Å². The molecule has 0 fully saturated rings. The van der Waals surface area contributed by atoms with Crippen molar-refractivity contribution in [2.45, 2.75) is 32.7 Å². The summed E-state index contributed by atoms with van der Waals surface area (Å²) in [6, 6.07) is 3.96. The number of nitrogens with zero attached hydrogens (tertiary/aromatic N) is 2. The largest absolute Gasteiger partial charge is 0.346 e. The zero-order chi connectivity index (χ0) is 14.0. The Morgan fingerprint density at radius 1 is 1.42 bits per heavy atom. The first-order valence-corrected chi connectivity index (χ1v) is 8.11. The number of carbonyl (C=O) groups excluding carboxylic acids is 1. The summed E-state index contributed by atoms with van der Waals surface area (Å²) >= 11 is 6.16. The molecule has 19 heavy (non-hydrogen) atoms. The average Bonchev–Trinajstić information content (AvgIpc) is 2.93. The number of thiophene rings is 1. The third-order valence-electron chi connectivity index (χ3n) is 2.46. The summed E-state index contributed by atoms with van der Waals surface area (Å²) < 4.78 is 4.96. The summed E-state index contributed by atoms with van der Waals surface area (Å²) in [4.78, 5) is 13.9. The van der Waals surface area contributed by atoms with Gasteiger partial charge in [0.15, 0.2) is 0 Å². The molecule has 0 saturated heterocycles. The lowest BCUT2D eigenvalue weighted by Crippen LogP contribution is -2.25. The maximum atomic E-state index is 12.2. The topological polar surface area (TPSA) is 54.9 Å². The smallest absolute Gasteiger partial charge is 0.265 e. The zero-order valence-electron chi connectivity index (χ0n) is 10.9. The molecule has 1 amide bonds. The molecule has 0 bridgehead atoms. The van der Waals surface area contributed by atoms with Crippen molar-refractivity contribution in [2.24, 2.45) is 0 Å². The molecule has 1 N–H and O–H groups in total. The SMILES string of the molecule is CC(C)(C)c1nnsc1C(=O)NCc1ccc(Br)s1. The number of amides is 1. The zero-order valence-corrected chi connectivity index (χ0v) is 14.1. The molecule has 0 aliphatic rings. The van der Waals surface area contributed by atoms with Gasteiger partial charge in [-0.3, -0.25) is 4.79 Å². The molecule has 0 saturated carbocycles. The van der Waals surface area contributed by atoms with Crippen molar-refractivity contribution in [3.63, 3.8) is 0 Å². The quantitative estimate of drug-likeness (QED) is 0.910. The van der Waals surface area contributed by atoms with Crippen LogP contribution in [0.3, 0.4) is 0 Å². The van der Waals surface area contributed by atoms with E-state index in [9.17, 15) is 4.79 Å². The van der Waals surface area contributed by atoms with Crippen molar-refractivity contribution >= 4 is 44.7 Å². The minimum atomic E-state index is -0.175. The van der Waals surface area contributed by atoms with Gasteiger partial charge in [-0.1, -0.05) is 25.3 Å². The van der Waals surface area contributed by atoms with Gasteiger partial charge in [-0.25, -0.2) is 0 Å². The number of aromatic nitrogens is 2. The monoisotopic (exact) mass is 359 g/mol. The van der Waals surface area contributed by atoms with Gasteiger partial charge in [0.2, 0.25) is 0 Å². The Labute approximate surface area is 128 Å². The summed E-state index contributed by atoms with van der Waals surface area (Å²) in [7, 11) is 0. The predicted molar refractivity (Wildman–Crippen MR) is 81.8 cm³/mol. The van der Waals surface area contributed by atoms with E-state index in [2.05, 4.69) is 30.8 Å². The van der Waals surface area contributed by atoms with Crippen LogP contribution in [-0.2, 0) is 12.0 Å². The average molecular weight is 360 g/mol. The molecule has 2 aromatic rings. The molecule has 4 nitrogen and oxygen atoms in total. The van der Waals surface area contributed by atoms with Crippen LogP contribution >= 0.6 is 38.8 Å². The highest BCUT2D eigenvalue weighted by molar-refractivity contribution is 9.11. The highest BCUT2D eigenvalue weighted by Crippen LogP contribution is 2.26. The Bertz CT molecular complexity index is 586. The minimum Gasteiger partial charge on any atom is -0.346 e. The van der Waals surface area contributed by atoms with E-state index < -0.39 is 0 Å². The molecule has 0 aliphatic carbocycles. The van der Waals surface area contributed by atoms with Crippen LogP contribution in [0.5, 0.6) is 0 Å². The lowest BCUT2D eigenvalue weighted by Gasteiger charge is -2.16. The second-order valence-corrected chi connectivity index (χ2v) is 8.39. The van der Waals surface area contributed by atoms with Crippen LogP contribution in [0, 0.1) is 0 Å². The summed E-state index contributed by atoms with van der Waals surface area (Å²) in [5.74, 6) is -0.107. The molecule has 0 aromatic carbocycles. The highest BCUT2D eigenvalue weighted by atomic mass is 79.9. The van der Waals surface area contributed by atoms with Crippen LogP contribution < -0.4 is 5.32 Å². The lowest BCUT2D eigenvalue weighted by molar-refractivity contribution is 0.0953. The number of rotatable bonds is 3. The number of carbonyl (C=O) groups is 1. The first-order valence-electron chi connectivity index (χ1n) is 5.73. The first-order chi connectivity index (χ1) is 8.88. The summed E-state index contributed by atoms with van der Waals surface area (Å²) in [5.41, 5.74) is 0.577. The Kier molecular flexibility index (Phi) is 4.37. The van der Waals surface area contributed by atoms with Gasteiger partial charge in [0, 0.05) is 10.3 Å². The maximum absolute atomic E-state index is 12.2. The van der Waals surface area contributed by atoms with E-state index in [-0.39, 0.29) is 11.3 Å². The van der Waals surface area contributed by atoms with Gasteiger partial charge in [0.25, 0.3) is 5.91 Å². The van der Waals surface area contributed by atoms with Gasteiger partial charge in [-0.05, 0) is 39.6 Å². The van der Waals surface area contributed by atoms with Gasteiger partial charge in [-0.2, -0.15) is 0 Å². The van der Waals surface area contributed by atoms with Crippen molar-refractivity contribution in [2.75, 3.05) is 0 Å². The van der Waals surface area contributed by atoms with Gasteiger partial charge < -0.3 is 5.32 Å². The lowest BCUT2D eigenvalue weighted by atomic mass is 9.91. The predicted octanol–water partition coefficient (Wildman–Crippen LogP) is 3.59.